The Bertz CT molecular complexity index is 2600. The van der Waals surface area contributed by atoms with Crippen molar-refractivity contribution >= 4 is 38.3 Å². The highest BCUT2D eigenvalue weighted by Crippen LogP contribution is 2.45. The van der Waals surface area contributed by atoms with Crippen LogP contribution < -0.4 is 0 Å². The zero-order valence-electron chi connectivity index (χ0n) is 29.2. The molecule has 1 aromatic heterocycles. The normalized spacial score (nSPS) is 19.7. The van der Waals surface area contributed by atoms with Crippen molar-refractivity contribution in [1.82, 2.24) is 15.0 Å². The predicted molar refractivity (Wildman–Crippen MR) is 215 cm³/mol. The van der Waals surface area contributed by atoms with Gasteiger partial charge in [-0.05, 0) is 82.3 Å². The molecule has 3 aliphatic rings. The molecule has 2 aliphatic carbocycles. The Balaban J connectivity index is 1.15. The number of allylic oxidation sites excluding steroid dienone is 11. The van der Waals surface area contributed by atoms with Gasteiger partial charge in [0.15, 0.2) is 17.5 Å². The summed E-state index contributed by atoms with van der Waals surface area (Å²) in [6.07, 6.45) is 20.0. The smallest absolute Gasteiger partial charge is 0.164 e. The molecule has 4 nitrogen and oxygen atoms in total. The molecule has 0 N–H and O–H groups in total. The Kier molecular flexibility index (Phi) is 8.13. The first-order valence-electron chi connectivity index (χ1n) is 18.0. The molecule has 250 valence electrons. The van der Waals surface area contributed by atoms with E-state index < -0.39 is 0 Å². The monoisotopic (exact) mass is 671 g/mol. The maximum atomic E-state index is 6.60. The average Bonchev–Trinajstić information content (AvgIpc) is 3.36. The highest BCUT2D eigenvalue weighted by atomic mass is 16.5. The van der Waals surface area contributed by atoms with Crippen molar-refractivity contribution in [3.8, 4) is 22.5 Å². The highest BCUT2D eigenvalue weighted by molar-refractivity contribution is 6.08. The van der Waals surface area contributed by atoms with Crippen molar-refractivity contribution in [2.45, 2.75) is 26.4 Å². The molecule has 0 radical (unpaired) electrons. The molecule has 2 unspecified atom stereocenters. The van der Waals surface area contributed by atoms with Crippen molar-refractivity contribution in [3.63, 3.8) is 0 Å². The zero-order chi connectivity index (χ0) is 35.0. The van der Waals surface area contributed by atoms with Crippen molar-refractivity contribution in [1.29, 1.82) is 0 Å². The van der Waals surface area contributed by atoms with Gasteiger partial charge in [-0.25, -0.2) is 15.0 Å². The quantitative estimate of drug-likeness (QED) is 0.171. The summed E-state index contributed by atoms with van der Waals surface area (Å²) in [5.74, 6) is 2.83. The van der Waals surface area contributed by atoms with Gasteiger partial charge in [0, 0.05) is 28.2 Å². The lowest BCUT2D eigenvalue weighted by Crippen LogP contribution is -2.16. The maximum absolute atomic E-state index is 6.60. The van der Waals surface area contributed by atoms with E-state index in [4.69, 9.17) is 19.7 Å². The van der Waals surface area contributed by atoms with Crippen LogP contribution in [0, 0.1) is 5.92 Å². The average molecular weight is 672 g/mol. The van der Waals surface area contributed by atoms with E-state index in [1.807, 2.05) is 43.3 Å². The number of fused-ring (bicyclic) bond motifs is 4. The lowest BCUT2D eigenvalue weighted by atomic mass is 9.83. The second-order valence-electron chi connectivity index (χ2n) is 13.4. The fraction of sp³-hybridized carbons (Fsp3) is 0.104. The molecule has 9 rings (SSSR count). The third-order valence-electron chi connectivity index (χ3n) is 10.3. The summed E-state index contributed by atoms with van der Waals surface area (Å²) in [5, 5.41) is 5.04. The summed E-state index contributed by atoms with van der Waals surface area (Å²) in [5.41, 5.74) is 8.79. The summed E-state index contributed by atoms with van der Waals surface area (Å²) in [7, 11) is 0. The van der Waals surface area contributed by atoms with E-state index in [1.165, 1.54) is 43.8 Å². The van der Waals surface area contributed by atoms with Gasteiger partial charge in [0.25, 0.3) is 0 Å². The summed E-state index contributed by atoms with van der Waals surface area (Å²) in [6.45, 7) is 4.16. The van der Waals surface area contributed by atoms with E-state index in [9.17, 15) is 0 Å². The molecule has 2 atom stereocenters. The van der Waals surface area contributed by atoms with Crippen LogP contribution in [0.15, 0.2) is 175 Å². The molecule has 0 amide bonds. The molecule has 52 heavy (non-hydrogen) atoms. The minimum absolute atomic E-state index is 0.0104. The van der Waals surface area contributed by atoms with Crippen LogP contribution >= 0.6 is 0 Å². The van der Waals surface area contributed by atoms with Gasteiger partial charge in [0.1, 0.15) is 11.9 Å². The molecule has 0 spiro atoms. The summed E-state index contributed by atoms with van der Waals surface area (Å²) in [6, 6.07) is 38.7. The van der Waals surface area contributed by atoms with Crippen LogP contribution in [0.4, 0.5) is 0 Å². The fourth-order valence-electron chi connectivity index (χ4n) is 7.66. The largest absolute Gasteiger partial charge is 0.485 e. The standard InChI is InChI=1S/C48H37N3O/c1-3-43-45(31(2)46-49-47(33-16-7-4-5-8-17-33)51-48(50-46)34-18-9-6-10-19-34)42-30-37(26-28-44(42)52-43)40-22-14-13-21-39(40)36-25-27-41-35(29-36)24-23-32-15-11-12-20-38(32)41/h3-7,9-30,42,44H,8H2,1-2H3/b43-3+,45-31+. The molecular formula is C48H37N3O. The van der Waals surface area contributed by atoms with Gasteiger partial charge in [0.05, 0.1) is 0 Å². The third-order valence-corrected chi connectivity index (χ3v) is 10.3. The maximum Gasteiger partial charge on any atom is 0.164 e. The summed E-state index contributed by atoms with van der Waals surface area (Å²) in [4.78, 5) is 15.1. The van der Waals surface area contributed by atoms with E-state index in [0.29, 0.717) is 17.5 Å². The third kappa shape index (κ3) is 5.72. The van der Waals surface area contributed by atoms with Crippen molar-refractivity contribution in [2.24, 2.45) is 5.92 Å². The van der Waals surface area contributed by atoms with E-state index in [2.05, 4.69) is 134 Å². The number of aromatic nitrogens is 3. The molecule has 0 saturated carbocycles. The van der Waals surface area contributed by atoms with E-state index in [1.54, 1.807) is 0 Å². The molecule has 1 saturated heterocycles. The van der Waals surface area contributed by atoms with Crippen LogP contribution in [-0.4, -0.2) is 21.1 Å². The SMILES string of the molecule is C/C=C1/OC2C=CC(c3ccccc3-c3ccc4c(ccc5ccccc54)c3)=CC2/C1=C(/C)c1nc(C2=CCC=CC=C2)nc(-c2ccccc2)n1. The molecule has 0 bridgehead atoms. The Hall–Kier alpha value is -6.39. The minimum Gasteiger partial charge on any atom is -0.485 e. The van der Waals surface area contributed by atoms with Crippen LogP contribution in [0.5, 0.6) is 0 Å². The van der Waals surface area contributed by atoms with Crippen LogP contribution in [0.3, 0.4) is 0 Å². The van der Waals surface area contributed by atoms with Gasteiger partial charge < -0.3 is 4.74 Å². The Labute approximate surface area is 304 Å². The van der Waals surface area contributed by atoms with Crippen LogP contribution in [0.2, 0.25) is 0 Å². The number of rotatable bonds is 5. The first-order chi connectivity index (χ1) is 25.6. The Morgan fingerprint density at radius 2 is 1.46 bits per heavy atom. The van der Waals surface area contributed by atoms with Gasteiger partial charge in [0.2, 0.25) is 0 Å². The number of nitrogens with zero attached hydrogens (tertiary/aromatic N) is 3. The van der Waals surface area contributed by atoms with E-state index >= 15 is 0 Å². The Morgan fingerprint density at radius 1 is 0.692 bits per heavy atom. The van der Waals surface area contributed by atoms with Crippen LogP contribution in [-0.2, 0) is 4.74 Å². The molecule has 6 aromatic rings. The molecule has 1 aliphatic heterocycles. The number of hydrogen-bond donors (Lipinski definition) is 0. The lowest BCUT2D eigenvalue weighted by Gasteiger charge is -2.21. The predicted octanol–water partition coefficient (Wildman–Crippen LogP) is 11.8. The zero-order valence-corrected chi connectivity index (χ0v) is 29.2. The summed E-state index contributed by atoms with van der Waals surface area (Å²) < 4.78 is 6.60. The second-order valence-corrected chi connectivity index (χ2v) is 13.4. The molecule has 5 aromatic carbocycles. The first-order valence-corrected chi connectivity index (χ1v) is 18.0. The summed E-state index contributed by atoms with van der Waals surface area (Å²) >= 11 is 0. The van der Waals surface area contributed by atoms with Crippen molar-refractivity contribution in [2.75, 3.05) is 0 Å². The molecule has 1 fully saturated rings. The number of ether oxygens (including phenoxy) is 1. The highest BCUT2D eigenvalue weighted by Gasteiger charge is 2.38. The van der Waals surface area contributed by atoms with Gasteiger partial charge in [-0.15, -0.1) is 0 Å². The van der Waals surface area contributed by atoms with Gasteiger partial charge in [-0.2, -0.15) is 0 Å². The lowest BCUT2D eigenvalue weighted by molar-refractivity contribution is 0.184. The van der Waals surface area contributed by atoms with Crippen LogP contribution in [0.25, 0.3) is 60.8 Å². The number of benzene rings is 5. The molecular weight excluding hydrogens is 635 g/mol. The van der Waals surface area contributed by atoms with E-state index in [-0.39, 0.29) is 12.0 Å². The Morgan fingerprint density at radius 3 is 2.35 bits per heavy atom. The van der Waals surface area contributed by atoms with Crippen LogP contribution in [0.1, 0.15) is 37.5 Å². The fourth-order valence-corrected chi connectivity index (χ4v) is 7.66. The number of hydrogen-bond acceptors (Lipinski definition) is 4. The second kappa shape index (κ2) is 13.4. The van der Waals surface area contributed by atoms with Crippen molar-refractivity contribution in [3.05, 3.63) is 192 Å². The van der Waals surface area contributed by atoms with Crippen molar-refractivity contribution < 1.29 is 4.74 Å². The van der Waals surface area contributed by atoms with E-state index in [0.717, 1.165) is 34.5 Å². The topological polar surface area (TPSA) is 47.9 Å². The minimum atomic E-state index is -0.116. The molecule has 4 heteroatoms. The van der Waals surface area contributed by atoms with Gasteiger partial charge >= 0.3 is 0 Å². The molecule has 2 heterocycles. The first kappa shape index (κ1) is 31.6. The van der Waals surface area contributed by atoms with Gasteiger partial charge in [-0.1, -0.05) is 146 Å². The van der Waals surface area contributed by atoms with Gasteiger partial charge in [-0.3, -0.25) is 0 Å².